The number of hydrogen-bond donors (Lipinski definition) is 3. The number of ether oxygens (including phenoxy) is 2. The first kappa shape index (κ1) is 30.1. The quantitative estimate of drug-likeness (QED) is 0.272. The van der Waals surface area contributed by atoms with Gasteiger partial charge in [0.2, 0.25) is 11.8 Å². The van der Waals surface area contributed by atoms with E-state index in [4.69, 9.17) is 11.2 Å². The van der Waals surface area contributed by atoms with E-state index in [-0.39, 0.29) is 25.4 Å². The van der Waals surface area contributed by atoms with E-state index in [1.54, 1.807) is 38.1 Å². The van der Waals surface area contributed by atoms with Gasteiger partial charge in [0.15, 0.2) is 5.78 Å². The zero-order valence-electron chi connectivity index (χ0n) is 20.8. The molecule has 3 N–H and O–H groups in total. The lowest BCUT2D eigenvalue weighted by Crippen LogP contribution is -2.56. The number of alkyl halides is 1. The second-order valence-electron chi connectivity index (χ2n) is 8.29. The highest BCUT2D eigenvalue weighted by atomic mass is 19.1. The average Bonchev–Trinajstić information content (AvgIpc) is 2.87. The van der Waals surface area contributed by atoms with Crippen molar-refractivity contribution >= 4 is 29.7 Å². The predicted octanol–water partition coefficient (Wildman–Crippen LogP) is 1.40. The molecular formula is C25H32FN3O7. The summed E-state index contributed by atoms with van der Waals surface area (Å²) < 4.78 is 22.5. The van der Waals surface area contributed by atoms with Gasteiger partial charge in [-0.2, -0.15) is 0 Å². The number of hydrogen-bond acceptors (Lipinski definition) is 7. The highest BCUT2D eigenvalue weighted by Gasteiger charge is 2.29. The van der Waals surface area contributed by atoms with Gasteiger partial charge in [-0.3, -0.25) is 19.2 Å². The minimum Gasteiger partial charge on any atom is -0.469 e. The predicted molar refractivity (Wildman–Crippen MR) is 128 cm³/mol. The van der Waals surface area contributed by atoms with Crippen molar-refractivity contribution in [3.63, 3.8) is 0 Å². The van der Waals surface area contributed by atoms with Crippen LogP contribution in [0.5, 0.6) is 0 Å². The molecule has 3 atom stereocenters. The standard InChI is InChI=1S/C25H32FN3O7/c1-6-17-7-9-18(10-8-17)14-36-25(34)29-22(15(2)3)24(33)27-16(4)23(32)28-19(20(30)13-26)11-12-21(31)35-5/h1,7-10,15-16,19,22H,11-14H2,2-5H3,(H,27,33)(H,28,32)(H,29,34)/t16-,19-,22-/m0/s1. The average molecular weight is 506 g/mol. The summed E-state index contributed by atoms with van der Waals surface area (Å²) in [4.78, 5) is 60.6. The number of alkyl carbamates (subject to hydrolysis) is 1. The molecule has 0 saturated carbocycles. The Bertz CT molecular complexity index is 973. The van der Waals surface area contributed by atoms with Crippen molar-refractivity contribution in [2.45, 2.75) is 58.3 Å². The van der Waals surface area contributed by atoms with Crippen LogP contribution in [0.2, 0.25) is 0 Å². The van der Waals surface area contributed by atoms with Crippen LogP contribution in [0.3, 0.4) is 0 Å². The maximum Gasteiger partial charge on any atom is 0.408 e. The van der Waals surface area contributed by atoms with E-state index < -0.39 is 54.5 Å². The van der Waals surface area contributed by atoms with Crippen LogP contribution in [-0.4, -0.2) is 61.6 Å². The number of amides is 3. The van der Waals surface area contributed by atoms with E-state index in [1.807, 2.05) is 0 Å². The number of halogens is 1. The van der Waals surface area contributed by atoms with Crippen molar-refractivity contribution in [1.29, 1.82) is 0 Å². The first-order valence-electron chi connectivity index (χ1n) is 11.3. The minimum absolute atomic E-state index is 0.0442. The van der Waals surface area contributed by atoms with Gasteiger partial charge in [-0.25, -0.2) is 9.18 Å². The summed E-state index contributed by atoms with van der Waals surface area (Å²) in [5.41, 5.74) is 1.38. The first-order chi connectivity index (χ1) is 17.0. The molecule has 0 aliphatic heterocycles. The molecule has 0 unspecified atom stereocenters. The topological polar surface area (TPSA) is 140 Å². The Labute approximate surface area is 209 Å². The largest absolute Gasteiger partial charge is 0.469 e. The number of terminal acetylenes is 1. The summed E-state index contributed by atoms with van der Waals surface area (Å²) in [6.45, 7) is 3.37. The third-order valence-electron chi connectivity index (χ3n) is 5.17. The van der Waals surface area contributed by atoms with E-state index in [9.17, 15) is 28.4 Å². The summed E-state index contributed by atoms with van der Waals surface area (Å²) in [6.07, 6.45) is 4.11. The molecule has 0 heterocycles. The number of carbonyl (C=O) groups excluding carboxylic acids is 5. The van der Waals surface area contributed by atoms with Crippen molar-refractivity contribution < 1.29 is 37.8 Å². The Hall–Kier alpha value is -3.94. The summed E-state index contributed by atoms with van der Waals surface area (Å²) in [5, 5.41) is 7.26. The molecule has 0 saturated heterocycles. The van der Waals surface area contributed by atoms with Crippen molar-refractivity contribution in [3.8, 4) is 12.3 Å². The fraction of sp³-hybridized carbons (Fsp3) is 0.480. The Morgan fingerprint density at radius 2 is 1.64 bits per heavy atom. The third-order valence-corrected chi connectivity index (χ3v) is 5.17. The summed E-state index contributed by atoms with van der Waals surface area (Å²) in [7, 11) is 1.16. The normalized spacial score (nSPS) is 12.9. The highest BCUT2D eigenvalue weighted by Crippen LogP contribution is 2.07. The van der Waals surface area contributed by atoms with E-state index in [1.165, 1.54) is 6.92 Å². The van der Waals surface area contributed by atoms with Crippen LogP contribution in [-0.2, 0) is 35.3 Å². The molecule has 0 aliphatic carbocycles. The van der Waals surface area contributed by atoms with Crippen LogP contribution in [0, 0.1) is 18.3 Å². The molecule has 0 radical (unpaired) electrons. The summed E-state index contributed by atoms with van der Waals surface area (Å²) in [5.74, 6) is -0.836. The summed E-state index contributed by atoms with van der Waals surface area (Å²) >= 11 is 0. The molecule has 11 heteroatoms. The van der Waals surface area contributed by atoms with Crippen molar-refractivity contribution in [2.75, 3.05) is 13.8 Å². The molecule has 36 heavy (non-hydrogen) atoms. The molecule has 10 nitrogen and oxygen atoms in total. The Morgan fingerprint density at radius 3 is 2.17 bits per heavy atom. The Morgan fingerprint density at radius 1 is 1.00 bits per heavy atom. The SMILES string of the molecule is C#Cc1ccc(COC(=O)N[C@H](C(=O)N[C@@H](C)C(=O)N[C@@H](CCC(=O)OC)C(=O)CF)C(C)C)cc1. The van der Waals surface area contributed by atoms with Gasteiger partial charge in [0.1, 0.15) is 25.4 Å². The number of rotatable bonds is 13. The van der Waals surface area contributed by atoms with Crippen LogP contribution < -0.4 is 16.0 Å². The van der Waals surface area contributed by atoms with E-state index in [0.717, 1.165) is 7.11 Å². The maximum absolute atomic E-state index is 12.9. The van der Waals surface area contributed by atoms with E-state index in [2.05, 4.69) is 26.6 Å². The Kier molecular flexibility index (Phi) is 12.7. The van der Waals surface area contributed by atoms with Crippen molar-refractivity contribution in [1.82, 2.24) is 16.0 Å². The number of methoxy groups -OCH3 is 1. The molecule has 1 rings (SSSR count). The van der Waals surface area contributed by atoms with Crippen molar-refractivity contribution in [3.05, 3.63) is 35.4 Å². The number of esters is 1. The number of nitrogens with one attached hydrogen (secondary N) is 3. The zero-order chi connectivity index (χ0) is 27.3. The van der Waals surface area contributed by atoms with Gasteiger partial charge >= 0.3 is 12.1 Å². The maximum atomic E-state index is 12.9. The van der Waals surface area contributed by atoms with Gasteiger partial charge in [0.05, 0.1) is 13.2 Å². The second-order valence-corrected chi connectivity index (χ2v) is 8.29. The monoisotopic (exact) mass is 505 g/mol. The van der Waals surface area contributed by atoms with Crippen LogP contribution >= 0.6 is 0 Å². The van der Waals surface area contributed by atoms with Gasteiger partial charge in [-0.15, -0.1) is 6.42 Å². The number of carbonyl (C=O) groups is 5. The molecule has 1 aromatic carbocycles. The van der Waals surface area contributed by atoms with Gasteiger partial charge in [0, 0.05) is 12.0 Å². The molecule has 0 aliphatic rings. The molecule has 0 aromatic heterocycles. The fourth-order valence-corrected chi connectivity index (χ4v) is 2.99. The number of Topliss-reactive ketones (excluding diaryl/α,β-unsaturated/α-hetero) is 1. The molecule has 196 valence electrons. The zero-order valence-corrected chi connectivity index (χ0v) is 20.8. The summed E-state index contributed by atoms with van der Waals surface area (Å²) in [6, 6.07) is 3.41. The minimum atomic E-state index is -1.33. The lowest BCUT2D eigenvalue weighted by atomic mass is 10.0. The number of benzene rings is 1. The lowest BCUT2D eigenvalue weighted by molar-refractivity contribution is -0.141. The van der Waals surface area contributed by atoms with Gasteiger partial charge < -0.3 is 25.4 Å². The van der Waals surface area contributed by atoms with Gasteiger partial charge in [0.25, 0.3) is 0 Å². The fourth-order valence-electron chi connectivity index (χ4n) is 2.99. The smallest absolute Gasteiger partial charge is 0.408 e. The van der Waals surface area contributed by atoms with Crippen LogP contribution in [0.1, 0.15) is 44.7 Å². The van der Waals surface area contributed by atoms with Gasteiger partial charge in [-0.1, -0.05) is 31.9 Å². The van der Waals surface area contributed by atoms with E-state index in [0.29, 0.717) is 11.1 Å². The van der Waals surface area contributed by atoms with Crippen LogP contribution in [0.25, 0.3) is 0 Å². The highest BCUT2D eigenvalue weighted by molar-refractivity contribution is 5.94. The second kappa shape index (κ2) is 15.1. The first-order valence-corrected chi connectivity index (χ1v) is 11.3. The molecular weight excluding hydrogens is 473 g/mol. The van der Waals surface area contributed by atoms with Crippen LogP contribution in [0.4, 0.5) is 9.18 Å². The molecule has 1 aromatic rings. The molecule has 0 bridgehead atoms. The molecule has 0 fully saturated rings. The van der Waals surface area contributed by atoms with E-state index >= 15 is 0 Å². The van der Waals surface area contributed by atoms with Crippen molar-refractivity contribution in [2.24, 2.45) is 5.92 Å². The van der Waals surface area contributed by atoms with Crippen LogP contribution in [0.15, 0.2) is 24.3 Å². The lowest BCUT2D eigenvalue weighted by Gasteiger charge is -2.24. The molecule has 3 amide bonds. The van der Waals surface area contributed by atoms with Gasteiger partial charge in [-0.05, 0) is 37.0 Å². The molecule has 0 spiro atoms. The number of ketones is 1. The Balaban J connectivity index is 2.68. The third kappa shape index (κ3) is 10.1.